The predicted molar refractivity (Wildman–Crippen MR) is 348 cm³/mol. The van der Waals surface area contributed by atoms with Gasteiger partial charge in [-0.3, -0.25) is 0 Å². The van der Waals surface area contributed by atoms with E-state index in [1.807, 2.05) is 22.7 Å². The quantitative estimate of drug-likeness (QED) is 0.127. The Hall–Kier alpha value is -9.32. The number of hydrogen-bond donors (Lipinski definition) is 0. The van der Waals surface area contributed by atoms with Crippen LogP contribution in [-0.4, -0.2) is 0 Å². The summed E-state index contributed by atoms with van der Waals surface area (Å²) in [5.74, 6) is 0. The van der Waals surface area contributed by atoms with Crippen LogP contribution in [0.1, 0.15) is 22.3 Å². The highest BCUT2D eigenvalue weighted by Gasteiger charge is 2.25. The molecule has 0 atom stereocenters. The number of nitrogens with zero attached hydrogens (tertiary/aromatic N) is 2. The largest absolute Gasteiger partial charge is 0.309 e. The third kappa shape index (κ3) is 8.84. The molecule has 0 unspecified atom stereocenters. The van der Waals surface area contributed by atoms with Gasteiger partial charge in [0.2, 0.25) is 0 Å². The minimum Gasteiger partial charge on any atom is -0.309 e. The number of para-hydroxylation sites is 2. The molecule has 80 heavy (non-hydrogen) atoms. The molecule has 0 bridgehead atoms. The maximum absolute atomic E-state index is 2.49. The summed E-state index contributed by atoms with van der Waals surface area (Å²) in [4.78, 5) is 4.98. The molecular weight excluding hydrogens is 1000 g/mol. The van der Waals surface area contributed by atoms with Crippen LogP contribution in [0.2, 0.25) is 0 Å². The van der Waals surface area contributed by atoms with Crippen LogP contribution in [-0.2, 0) is 0 Å². The third-order valence-electron chi connectivity index (χ3n) is 16.0. The molecule has 2 aromatic heterocycles. The Morgan fingerprint density at radius 1 is 0.237 bits per heavy atom. The Morgan fingerprint density at radius 2 is 0.588 bits per heavy atom. The van der Waals surface area contributed by atoms with E-state index in [1.54, 1.807) is 0 Å². The second kappa shape index (κ2) is 20.5. The topological polar surface area (TPSA) is 6.48 Å². The molecule has 14 aromatic rings. The summed E-state index contributed by atoms with van der Waals surface area (Å²) in [5, 5.41) is 5.20. The second-order valence-electron chi connectivity index (χ2n) is 21.1. The summed E-state index contributed by atoms with van der Waals surface area (Å²) in [6.07, 6.45) is 0. The van der Waals surface area contributed by atoms with Crippen molar-refractivity contribution in [2.75, 3.05) is 9.80 Å². The number of hydrogen-bond acceptors (Lipinski definition) is 4. The summed E-state index contributed by atoms with van der Waals surface area (Å²) in [6.45, 7) is 9.04. The molecule has 0 aliphatic heterocycles. The fourth-order valence-electron chi connectivity index (χ4n) is 12.0. The lowest BCUT2D eigenvalue weighted by molar-refractivity contribution is 1.22. The van der Waals surface area contributed by atoms with Crippen molar-refractivity contribution in [1.29, 1.82) is 0 Å². The first kappa shape index (κ1) is 49.0. The minimum atomic E-state index is 1.11. The number of thiophene rings is 2. The molecule has 2 nitrogen and oxygen atoms in total. The van der Waals surface area contributed by atoms with Crippen LogP contribution in [0.15, 0.2) is 267 Å². The number of anilines is 6. The van der Waals surface area contributed by atoms with Crippen molar-refractivity contribution in [2.24, 2.45) is 0 Å². The smallest absolute Gasteiger partial charge is 0.0569 e. The maximum Gasteiger partial charge on any atom is 0.0569 e. The monoisotopic (exact) mass is 1060 g/mol. The Balaban J connectivity index is 0.880. The Labute approximate surface area is 476 Å². The summed E-state index contributed by atoms with van der Waals surface area (Å²) in [6, 6.07) is 98.6. The van der Waals surface area contributed by atoms with Gasteiger partial charge in [-0.1, -0.05) is 182 Å². The average molecular weight is 1060 g/mol. The predicted octanol–water partition coefficient (Wildman–Crippen LogP) is 22.9. The van der Waals surface area contributed by atoms with Gasteiger partial charge in [-0.05, 0) is 179 Å². The van der Waals surface area contributed by atoms with Gasteiger partial charge in [0.1, 0.15) is 0 Å². The maximum atomic E-state index is 2.49. The van der Waals surface area contributed by atoms with Crippen molar-refractivity contribution < 1.29 is 0 Å². The van der Waals surface area contributed by atoms with Crippen molar-refractivity contribution in [3.63, 3.8) is 0 Å². The molecule has 2 heterocycles. The van der Waals surface area contributed by atoms with E-state index in [4.69, 9.17) is 0 Å². The fraction of sp³-hybridized carbons (Fsp3) is 0.0526. The summed E-state index contributed by atoms with van der Waals surface area (Å²) in [5.41, 5.74) is 23.5. The van der Waals surface area contributed by atoms with Crippen LogP contribution in [0.4, 0.5) is 34.1 Å². The van der Waals surface area contributed by atoms with Gasteiger partial charge in [-0.15, -0.1) is 22.7 Å². The van der Waals surface area contributed by atoms with Gasteiger partial charge in [-0.25, -0.2) is 0 Å². The average Bonchev–Trinajstić information content (AvgIpc) is 4.17. The standard InChI is InChI=1S/C76H56N2S2/c1-49-17-15-25-63(59-35-43-73-67(47-59)65-23-11-13-27-71(65)79-73)75(49)77(61-37-29-55(30-38-61)53-19-7-5-8-20-53)69-41-33-57(45-51(69)3)58-34-42-70(52(4)46-58)78(62-39-31-56(32-40-62)54-21-9-6-10-22-54)76-50(2)18-16-26-64(76)60-36-44-74-68(48-60)66-24-12-14-28-72(66)80-74/h5-48H,1-4H3. The highest BCUT2D eigenvalue weighted by atomic mass is 32.1. The Kier molecular flexibility index (Phi) is 12.5. The van der Waals surface area contributed by atoms with Crippen LogP contribution in [0.5, 0.6) is 0 Å². The third-order valence-corrected chi connectivity index (χ3v) is 18.3. The van der Waals surface area contributed by atoms with Gasteiger partial charge in [0, 0.05) is 74.2 Å². The van der Waals surface area contributed by atoms with Crippen molar-refractivity contribution in [3.05, 3.63) is 289 Å². The highest BCUT2D eigenvalue weighted by Crippen LogP contribution is 2.49. The van der Waals surface area contributed by atoms with Crippen molar-refractivity contribution in [1.82, 2.24) is 0 Å². The Bertz CT molecular complexity index is 4330. The summed E-state index contributed by atoms with van der Waals surface area (Å²) in [7, 11) is 0. The molecule has 0 radical (unpaired) electrons. The van der Waals surface area contributed by atoms with Crippen molar-refractivity contribution >= 4 is 97.1 Å². The second-order valence-corrected chi connectivity index (χ2v) is 23.2. The number of aryl methyl sites for hydroxylation is 4. The van der Waals surface area contributed by atoms with Gasteiger partial charge in [0.15, 0.2) is 0 Å². The van der Waals surface area contributed by atoms with E-state index in [2.05, 4.69) is 304 Å². The number of rotatable bonds is 11. The van der Waals surface area contributed by atoms with Gasteiger partial charge < -0.3 is 9.80 Å². The van der Waals surface area contributed by atoms with Crippen molar-refractivity contribution in [2.45, 2.75) is 27.7 Å². The molecular formula is C76H56N2S2. The van der Waals surface area contributed by atoms with Crippen LogP contribution < -0.4 is 9.80 Å². The zero-order valence-electron chi connectivity index (χ0n) is 45.1. The van der Waals surface area contributed by atoms with E-state index in [1.165, 1.54) is 130 Å². The lowest BCUT2D eigenvalue weighted by atomic mass is 9.94. The number of fused-ring (bicyclic) bond motifs is 6. The molecule has 0 saturated carbocycles. The molecule has 382 valence electrons. The fourth-order valence-corrected chi connectivity index (χ4v) is 14.2. The first-order valence-corrected chi connectivity index (χ1v) is 29.1. The van der Waals surface area contributed by atoms with Gasteiger partial charge in [-0.2, -0.15) is 0 Å². The summed E-state index contributed by atoms with van der Waals surface area (Å²) < 4.78 is 5.23. The molecule has 12 aromatic carbocycles. The molecule has 0 spiro atoms. The normalized spacial score (nSPS) is 11.5. The molecule has 0 saturated heterocycles. The summed E-state index contributed by atoms with van der Waals surface area (Å²) >= 11 is 3.72. The first-order chi connectivity index (χ1) is 39.3. The van der Waals surface area contributed by atoms with Crippen LogP contribution >= 0.6 is 22.7 Å². The van der Waals surface area contributed by atoms with E-state index < -0.39 is 0 Å². The molecule has 0 fully saturated rings. The van der Waals surface area contributed by atoms with Gasteiger partial charge in [0.25, 0.3) is 0 Å². The van der Waals surface area contributed by atoms with Crippen LogP contribution in [0, 0.1) is 27.7 Å². The molecule has 0 amide bonds. The minimum absolute atomic E-state index is 1.11. The molecule has 0 aliphatic rings. The molecule has 4 heteroatoms. The van der Waals surface area contributed by atoms with E-state index in [0.29, 0.717) is 0 Å². The van der Waals surface area contributed by atoms with Gasteiger partial charge in [0.05, 0.1) is 11.4 Å². The SMILES string of the molecule is Cc1cc(-c2ccc(N(c3ccc(-c4ccccc4)cc3)c3c(C)cccc3-c3ccc4sc5ccccc5c4c3)c(C)c2)ccc1N(c1ccc(-c2ccccc2)cc1)c1c(C)cccc1-c1ccc2sc3ccccc3c2c1. The lowest BCUT2D eigenvalue weighted by Crippen LogP contribution is -2.14. The highest BCUT2D eigenvalue weighted by molar-refractivity contribution is 7.26. The van der Waals surface area contributed by atoms with Gasteiger partial charge >= 0.3 is 0 Å². The van der Waals surface area contributed by atoms with E-state index in [0.717, 1.165) is 22.7 Å². The van der Waals surface area contributed by atoms with Crippen LogP contribution in [0.25, 0.3) is 96.0 Å². The zero-order chi connectivity index (χ0) is 53.8. The van der Waals surface area contributed by atoms with E-state index in [-0.39, 0.29) is 0 Å². The van der Waals surface area contributed by atoms with E-state index >= 15 is 0 Å². The molecule has 14 rings (SSSR count). The first-order valence-electron chi connectivity index (χ1n) is 27.5. The van der Waals surface area contributed by atoms with Crippen molar-refractivity contribution in [3.8, 4) is 55.6 Å². The lowest BCUT2D eigenvalue weighted by Gasteiger charge is -2.31. The molecule has 0 N–H and O–H groups in total. The molecule has 0 aliphatic carbocycles. The zero-order valence-corrected chi connectivity index (χ0v) is 46.7. The Morgan fingerprint density at radius 3 is 1.00 bits per heavy atom. The van der Waals surface area contributed by atoms with Crippen LogP contribution in [0.3, 0.4) is 0 Å². The number of benzene rings is 12. The van der Waals surface area contributed by atoms with E-state index in [9.17, 15) is 0 Å².